The van der Waals surface area contributed by atoms with Crippen molar-refractivity contribution in [3.63, 3.8) is 0 Å². The molecule has 1 aromatic heterocycles. The largest absolute Gasteiger partial charge is 0.423 e. The van der Waals surface area contributed by atoms with E-state index in [0.717, 1.165) is 17.3 Å². The SMILES string of the molecule is CCCCC(=O)Oc1c(F)cccc1-c1ccc(Br)cn1. The number of halogens is 2. The summed E-state index contributed by atoms with van der Waals surface area (Å²) in [5.41, 5.74) is 1.02. The van der Waals surface area contributed by atoms with Crippen LogP contribution in [0.1, 0.15) is 26.2 Å². The number of hydrogen-bond donors (Lipinski definition) is 0. The molecule has 0 aliphatic heterocycles. The van der Waals surface area contributed by atoms with Crippen molar-refractivity contribution in [3.8, 4) is 17.0 Å². The van der Waals surface area contributed by atoms with Gasteiger partial charge in [0.2, 0.25) is 0 Å². The maximum absolute atomic E-state index is 14.0. The van der Waals surface area contributed by atoms with Crippen molar-refractivity contribution in [1.82, 2.24) is 4.98 Å². The Morgan fingerprint density at radius 1 is 1.33 bits per heavy atom. The summed E-state index contributed by atoms with van der Waals surface area (Å²) in [5.74, 6) is -1.06. The highest BCUT2D eigenvalue weighted by atomic mass is 79.9. The number of benzene rings is 1. The van der Waals surface area contributed by atoms with Crippen molar-refractivity contribution in [2.45, 2.75) is 26.2 Å². The molecule has 2 aromatic rings. The molecule has 3 nitrogen and oxygen atoms in total. The minimum Gasteiger partial charge on any atom is -0.423 e. The summed E-state index contributed by atoms with van der Waals surface area (Å²) in [5, 5.41) is 0. The van der Waals surface area contributed by atoms with Crippen LogP contribution in [0.2, 0.25) is 0 Å². The fourth-order valence-electron chi connectivity index (χ4n) is 1.84. The van der Waals surface area contributed by atoms with E-state index >= 15 is 0 Å². The molecule has 0 aliphatic carbocycles. The molecule has 0 fully saturated rings. The van der Waals surface area contributed by atoms with E-state index in [1.165, 1.54) is 6.07 Å². The number of carbonyl (C=O) groups excluding carboxylic acids is 1. The molecule has 0 aliphatic rings. The minimum absolute atomic E-state index is 0.0616. The summed E-state index contributed by atoms with van der Waals surface area (Å²) in [6, 6.07) is 8.06. The molecule has 21 heavy (non-hydrogen) atoms. The number of nitrogens with zero attached hydrogens (tertiary/aromatic N) is 1. The van der Waals surface area contributed by atoms with E-state index in [0.29, 0.717) is 11.3 Å². The Kier molecular flexibility index (Phi) is 5.44. The quantitative estimate of drug-likeness (QED) is 0.576. The second-order valence-electron chi connectivity index (χ2n) is 4.56. The summed E-state index contributed by atoms with van der Waals surface area (Å²) in [7, 11) is 0. The van der Waals surface area contributed by atoms with Gasteiger partial charge in [-0.05, 0) is 46.6 Å². The van der Waals surface area contributed by atoms with Crippen LogP contribution in [0.25, 0.3) is 11.3 Å². The van der Waals surface area contributed by atoms with Gasteiger partial charge in [0, 0.05) is 22.7 Å². The lowest BCUT2D eigenvalue weighted by molar-refractivity contribution is -0.134. The van der Waals surface area contributed by atoms with Crippen LogP contribution in [0, 0.1) is 5.82 Å². The first-order chi connectivity index (χ1) is 10.1. The third kappa shape index (κ3) is 4.11. The Hall–Kier alpha value is -1.75. The molecule has 0 radical (unpaired) electrons. The van der Waals surface area contributed by atoms with Gasteiger partial charge in [-0.2, -0.15) is 0 Å². The number of esters is 1. The molecule has 0 saturated carbocycles. The highest BCUT2D eigenvalue weighted by molar-refractivity contribution is 9.10. The number of pyridine rings is 1. The molecular formula is C16H15BrFNO2. The third-order valence-corrected chi connectivity index (χ3v) is 3.39. The smallest absolute Gasteiger partial charge is 0.311 e. The average Bonchev–Trinajstić information content (AvgIpc) is 2.48. The van der Waals surface area contributed by atoms with Gasteiger partial charge in [-0.25, -0.2) is 4.39 Å². The molecular weight excluding hydrogens is 337 g/mol. The first kappa shape index (κ1) is 15.6. The summed E-state index contributed by atoms with van der Waals surface area (Å²) in [6.45, 7) is 1.98. The van der Waals surface area contributed by atoms with E-state index < -0.39 is 11.8 Å². The lowest BCUT2D eigenvalue weighted by atomic mass is 10.1. The average molecular weight is 352 g/mol. The molecule has 0 N–H and O–H groups in total. The zero-order valence-corrected chi connectivity index (χ0v) is 13.2. The van der Waals surface area contributed by atoms with Crippen LogP contribution in [0.3, 0.4) is 0 Å². The molecule has 2 rings (SSSR count). The lowest BCUT2D eigenvalue weighted by Crippen LogP contribution is -2.09. The Balaban J connectivity index is 2.32. The Morgan fingerprint density at radius 3 is 2.81 bits per heavy atom. The van der Waals surface area contributed by atoms with Gasteiger partial charge in [-0.15, -0.1) is 0 Å². The van der Waals surface area contributed by atoms with Crippen LogP contribution < -0.4 is 4.74 Å². The van der Waals surface area contributed by atoms with E-state index in [-0.39, 0.29) is 12.2 Å². The Morgan fingerprint density at radius 2 is 2.14 bits per heavy atom. The van der Waals surface area contributed by atoms with Crippen molar-refractivity contribution in [1.29, 1.82) is 0 Å². The number of aromatic nitrogens is 1. The van der Waals surface area contributed by atoms with Crippen LogP contribution >= 0.6 is 15.9 Å². The first-order valence-electron chi connectivity index (χ1n) is 6.73. The van der Waals surface area contributed by atoms with Gasteiger partial charge >= 0.3 is 5.97 Å². The maximum atomic E-state index is 14.0. The third-order valence-electron chi connectivity index (χ3n) is 2.92. The van der Waals surface area contributed by atoms with Crippen molar-refractivity contribution in [3.05, 3.63) is 46.8 Å². The van der Waals surface area contributed by atoms with Crippen LogP contribution in [0.15, 0.2) is 41.0 Å². The van der Waals surface area contributed by atoms with Gasteiger partial charge in [-0.3, -0.25) is 9.78 Å². The van der Waals surface area contributed by atoms with Gasteiger partial charge in [0.25, 0.3) is 0 Å². The predicted octanol–water partition coefficient (Wildman–Crippen LogP) is 4.75. The lowest BCUT2D eigenvalue weighted by Gasteiger charge is -2.10. The summed E-state index contributed by atoms with van der Waals surface area (Å²) in [6.07, 6.45) is 3.49. The van der Waals surface area contributed by atoms with Crippen molar-refractivity contribution in [2.75, 3.05) is 0 Å². The molecule has 110 valence electrons. The van der Waals surface area contributed by atoms with Gasteiger partial charge in [0.1, 0.15) is 0 Å². The predicted molar refractivity (Wildman–Crippen MR) is 82.5 cm³/mol. The molecule has 0 unspecified atom stereocenters. The van der Waals surface area contributed by atoms with E-state index in [2.05, 4.69) is 20.9 Å². The highest BCUT2D eigenvalue weighted by Gasteiger charge is 2.16. The van der Waals surface area contributed by atoms with E-state index in [9.17, 15) is 9.18 Å². The zero-order valence-electron chi connectivity index (χ0n) is 11.6. The topological polar surface area (TPSA) is 39.2 Å². The fourth-order valence-corrected chi connectivity index (χ4v) is 2.07. The number of rotatable bonds is 5. The van der Waals surface area contributed by atoms with Crippen molar-refractivity contribution < 1.29 is 13.9 Å². The molecule has 0 bridgehead atoms. The molecule has 1 heterocycles. The van der Waals surface area contributed by atoms with Gasteiger partial charge in [-0.1, -0.05) is 19.4 Å². The second-order valence-corrected chi connectivity index (χ2v) is 5.47. The van der Waals surface area contributed by atoms with Crippen LogP contribution in [0.5, 0.6) is 5.75 Å². The molecule has 0 atom stereocenters. The molecule has 5 heteroatoms. The first-order valence-corrected chi connectivity index (χ1v) is 7.52. The summed E-state index contributed by atoms with van der Waals surface area (Å²) < 4.78 is 20.0. The normalized spacial score (nSPS) is 10.4. The molecule has 0 saturated heterocycles. The molecule has 0 amide bonds. The number of carbonyl (C=O) groups is 1. The maximum Gasteiger partial charge on any atom is 0.311 e. The minimum atomic E-state index is -0.568. The van der Waals surface area contributed by atoms with Gasteiger partial charge < -0.3 is 4.74 Å². The van der Waals surface area contributed by atoms with Crippen LogP contribution in [0.4, 0.5) is 4.39 Å². The second kappa shape index (κ2) is 7.31. The van der Waals surface area contributed by atoms with Crippen LogP contribution in [-0.4, -0.2) is 11.0 Å². The Bertz CT molecular complexity index is 629. The molecule has 1 aromatic carbocycles. The number of ether oxygens (including phenoxy) is 1. The fraction of sp³-hybridized carbons (Fsp3) is 0.250. The zero-order chi connectivity index (χ0) is 15.2. The highest BCUT2D eigenvalue weighted by Crippen LogP contribution is 2.32. The van der Waals surface area contributed by atoms with E-state index in [1.807, 2.05) is 6.92 Å². The monoisotopic (exact) mass is 351 g/mol. The summed E-state index contributed by atoms with van der Waals surface area (Å²) in [4.78, 5) is 16.0. The van der Waals surface area contributed by atoms with Gasteiger partial charge in [0.05, 0.1) is 5.69 Å². The van der Waals surface area contributed by atoms with Gasteiger partial charge in [0.15, 0.2) is 11.6 Å². The van der Waals surface area contributed by atoms with E-state index in [1.54, 1.807) is 30.5 Å². The van der Waals surface area contributed by atoms with Crippen LogP contribution in [-0.2, 0) is 4.79 Å². The van der Waals surface area contributed by atoms with E-state index in [4.69, 9.17) is 4.74 Å². The molecule has 0 spiro atoms. The van der Waals surface area contributed by atoms with Crippen molar-refractivity contribution in [2.24, 2.45) is 0 Å². The summed E-state index contributed by atoms with van der Waals surface area (Å²) >= 11 is 3.30. The number of hydrogen-bond acceptors (Lipinski definition) is 3. The standard InChI is InChI=1S/C16H15BrFNO2/c1-2-3-7-15(20)21-16-12(5-4-6-13(16)18)14-9-8-11(17)10-19-14/h4-6,8-10H,2-3,7H2,1H3. The van der Waals surface area contributed by atoms with Crippen molar-refractivity contribution >= 4 is 21.9 Å². The Labute approximate surface area is 131 Å². The number of unbranched alkanes of at least 4 members (excludes halogenated alkanes) is 1. The number of para-hydroxylation sites is 1.